The summed E-state index contributed by atoms with van der Waals surface area (Å²) in [4.78, 5) is 27.9. The Labute approximate surface area is 190 Å². The quantitative estimate of drug-likeness (QED) is 0.432. The monoisotopic (exact) mass is 436 g/mol. The normalized spacial score (nSPS) is 14.0. The molecule has 170 valence electrons. The predicted molar refractivity (Wildman–Crippen MR) is 126 cm³/mol. The molecular weight excluding hydrogens is 404 g/mol. The van der Waals surface area contributed by atoms with Crippen LogP contribution in [0.1, 0.15) is 43.9 Å². The van der Waals surface area contributed by atoms with Crippen LogP contribution in [0.4, 0.5) is 5.69 Å². The zero-order chi connectivity index (χ0) is 23.3. The molecule has 6 nitrogen and oxygen atoms in total. The lowest BCUT2D eigenvalue weighted by molar-refractivity contribution is -0.137. The number of ether oxygens (including phenoxy) is 2. The van der Waals surface area contributed by atoms with Crippen molar-refractivity contribution < 1.29 is 19.1 Å². The van der Waals surface area contributed by atoms with Crippen LogP contribution >= 0.6 is 0 Å². The maximum atomic E-state index is 13.3. The molecule has 1 aliphatic heterocycles. The van der Waals surface area contributed by atoms with Gasteiger partial charge in [0.1, 0.15) is 11.4 Å². The number of rotatable bonds is 10. The summed E-state index contributed by atoms with van der Waals surface area (Å²) in [6, 6.07) is 13.2. The van der Waals surface area contributed by atoms with Gasteiger partial charge in [0.2, 0.25) is 0 Å². The molecule has 0 aliphatic carbocycles. The van der Waals surface area contributed by atoms with Crippen LogP contribution in [0.25, 0.3) is 5.57 Å². The fourth-order valence-electron chi connectivity index (χ4n) is 3.57. The van der Waals surface area contributed by atoms with Crippen LogP contribution in [-0.2, 0) is 14.3 Å². The maximum absolute atomic E-state index is 13.3. The summed E-state index contributed by atoms with van der Waals surface area (Å²) in [5, 5.41) is 3.22. The summed E-state index contributed by atoms with van der Waals surface area (Å²) < 4.78 is 11.1. The van der Waals surface area contributed by atoms with Crippen LogP contribution in [0.2, 0.25) is 0 Å². The highest BCUT2D eigenvalue weighted by Gasteiger charge is 2.38. The van der Waals surface area contributed by atoms with Crippen molar-refractivity contribution in [2.75, 3.05) is 25.1 Å². The van der Waals surface area contributed by atoms with Gasteiger partial charge in [-0.1, -0.05) is 18.2 Å². The molecule has 0 unspecified atom stereocenters. The number of hydrogen-bond acceptors (Lipinski definition) is 5. The van der Waals surface area contributed by atoms with E-state index in [2.05, 4.69) is 5.32 Å². The van der Waals surface area contributed by atoms with E-state index in [1.54, 1.807) is 0 Å². The Balaban J connectivity index is 1.94. The molecule has 2 aromatic carbocycles. The van der Waals surface area contributed by atoms with Crippen molar-refractivity contribution in [3.05, 3.63) is 64.9 Å². The lowest BCUT2D eigenvalue weighted by atomic mass is 10.0. The number of imide groups is 1. The van der Waals surface area contributed by atoms with E-state index in [0.29, 0.717) is 43.0 Å². The fourth-order valence-corrected chi connectivity index (χ4v) is 3.57. The van der Waals surface area contributed by atoms with Gasteiger partial charge in [-0.05, 0) is 82.0 Å². The highest BCUT2D eigenvalue weighted by atomic mass is 16.5. The van der Waals surface area contributed by atoms with Gasteiger partial charge in [0.05, 0.1) is 11.7 Å². The second-order valence-corrected chi connectivity index (χ2v) is 8.18. The molecule has 6 heteroatoms. The molecule has 0 atom stereocenters. The SMILES string of the molecule is CCOCCCN1C(=O)C(Nc2ccc(C)c(C)c2)=C(c2ccc(OC(C)C)cc2)C1=O. The molecule has 3 rings (SSSR count). The summed E-state index contributed by atoms with van der Waals surface area (Å²) in [6.45, 7) is 11.3. The lowest BCUT2D eigenvalue weighted by Gasteiger charge is -2.15. The van der Waals surface area contributed by atoms with Crippen LogP contribution < -0.4 is 10.1 Å². The number of hydrogen-bond donors (Lipinski definition) is 1. The van der Waals surface area contributed by atoms with E-state index in [4.69, 9.17) is 9.47 Å². The Morgan fingerprint density at radius 1 is 0.969 bits per heavy atom. The molecule has 2 amide bonds. The van der Waals surface area contributed by atoms with E-state index in [9.17, 15) is 9.59 Å². The fraction of sp³-hybridized carbons (Fsp3) is 0.385. The van der Waals surface area contributed by atoms with Gasteiger partial charge in [-0.25, -0.2) is 0 Å². The lowest BCUT2D eigenvalue weighted by Crippen LogP contribution is -2.34. The highest BCUT2D eigenvalue weighted by Crippen LogP contribution is 2.32. The maximum Gasteiger partial charge on any atom is 0.278 e. The number of carbonyl (C=O) groups excluding carboxylic acids is 2. The van der Waals surface area contributed by atoms with Gasteiger partial charge in [0, 0.05) is 25.4 Å². The number of nitrogens with zero attached hydrogens (tertiary/aromatic N) is 1. The average Bonchev–Trinajstić information content (AvgIpc) is 2.98. The van der Waals surface area contributed by atoms with Crippen molar-refractivity contribution in [1.82, 2.24) is 4.90 Å². The Hall–Kier alpha value is -3.12. The molecule has 0 spiro atoms. The first-order valence-corrected chi connectivity index (χ1v) is 11.1. The average molecular weight is 437 g/mol. The second-order valence-electron chi connectivity index (χ2n) is 8.18. The van der Waals surface area contributed by atoms with Gasteiger partial charge in [-0.15, -0.1) is 0 Å². The van der Waals surface area contributed by atoms with Gasteiger partial charge < -0.3 is 14.8 Å². The molecule has 0 aromatic heterocycles. The third kappa shape index (κ3) is 5.37. The summed E-state index contributed by atoms with van der Waals surface area (Å²) in [6.07, 6.45) is 0.647. The first kappa shape index (κ1) is 23.5. The van der Waals surface area contributed by atoms with Crippen molar-refractivity contribution in [3.8, 4) is 5.75 Å². The molecule has 1 heterocycles. The van der Waals surface area contributed by atoms with Crippen LogP contribution in [0.3, 0.4) is 0 Å². The van der Waals surface area contributed by atoms with Gasteiger partial charge in [-0.2, -0.15) is 0 Å². The van der Waals surface area contributed by atoms with Gasteiger partial charge in [-0.3, -0.25) is 14.5 Å². The van der Waals surface area contributed by atoms with Gasteiger partial charge in [0.15, 0.2) is 0 Å². The number of nitrogens with one attached hydrogen (secondary N) is 1. The summed E-state index contributed by atoms with van der Waals surface area (Å²) in [7, 11) is 0. The molecule has 0 radical (unpaired) electrons. The van der Waals surface area contributed by atoms with Crippen LogP contribution in [0.5, 0.6) is 5.75 Å². The molecule has 0 saturated carbocycles. The highest BCUT2D eigenvalue weighted by molar-refractivity contribution is 6.36. The van der Waals surface area contributed by atoms with E-state index in [0.717, 1.165) is 22.6 Å². The minimum Gasteiger partial charge on any atom is -0.491 e. The van der Waals surface area contributed by atoms with Crippen LogP contribution in [-0.4, -0.2) is 42.6 Å². The minimum atomic E-state index is -0.317. The zero-order valence-corrected chi connectivity index (χ0v) is 19.5. The molecular formula is C26H32N2O4. The largest absolute Gasteiger partial charge is 0.491 e. The zero-order valence-electron chi connectivity index (χ0n) is 19.5. The standard InChI is InChI=1S/C26H32N2O4/c1-6-31-15-7-14-28-25(29)23(20-9-12-22(13-10-20)32-17(2)3)24(26(28)30)27-21-11-8-18(4)19(5)16-21/h8-13,16-17,27H,6-7,14-15H2,1-5H3. The van der Waals surface area contributed by atoms with E-state index in [-0.39, 0.29) is 17.9 Å². The minimum absolute atomic E-state index is 0.0533. The molecule has 1 aliphatic rings. The topological polar surface area (TPSA) is 67.9 Å². The van der Waals surface area contributed by atoms with Crippen LogP contribution in [0.15, 0.2) is 48.2 Å². The third-order valence-corrected chi connectivity index (χ3v) is 5.33. The predicted octanol–water partition coefficient (Wildman–Crippen LogP) is 4.71. The molecule has 1 N–H and O–H groups in total. The smallest absolute Gasteiger partial charge is 0.278 e. The molecule has 0 saturated heterocycles. The van der Waals surface area contributed by atoms with Crippen molar-refractivity contribution in [2.45, 2.75) is 47.1 Å². The number of aryl methyl sites for hydroxylation is 2. The number of amides is 2. The number of anilines is 1. The van der Waals surface area contributed by atoms with Crippen molar-refractivity contribution >= 4 is 23.1 Å². The Kier molecular flexibility index (Phi) is 7.70. The number of benzene rings is 2. The molecule has 0 fully saturated rings. The van der Waals surface area contributed by atoms with E-state index < -0.39 is 0 Å². The second kappa shape index (κ2) is 10.5. The van der Waals surface area contributed by atoms with Crippen LogP contribution in [0, 0.1) is 13.8 Å². The first-order valence-electron chi connectivity index (χ1n) is 11.1. The molecule has 2 aromatic rings. The number of carbonyl (C=O) groups is 2. The Morgan fingerprint density at radius 3 is 2.31 bits per heavy atom. The summed E-state index contributed by atoms with van der Waals surface area (Å²) in [5.74, 6) is 0.107. The van der Waals surface area contributed by atoms with Crippen molar-refractivity contribution in [3.63, 3.8) is 0 Å². The molecule has 0 bridgehead atoms. The van der Waals surface area contributed by atoms with E-state index in [1.165, 1.54) is 4.90 Å². The summed E-state index contributed by atoms with van der Waals surface area (Å²) >= 11 is 0. The van der Waals surface area contributed by atoms with Crippen molar-refractivity contribution in [2.24, 2.45) is 0 Å². The summed E-state index contributed by atoms with van der Waals surface area (Å²) in [5.41, 5.74) is 4.40. The third-order valence-electron chi connectivity index (χ3n) is 5.33. The Morgan fingerprint density at radius 2 is 1.69 bits per heavy atom. The van der Waals surface area contributed by atoms with Gasteiger partial charge >= 0.3 is 0 Å². The Bertz CT molecular complexity index is 1010. The van der Waals surface area contributed by atoms with E-state index in [1.807, 2.05) is 77.1 Å². The van der Waals surface area contributed by atoms with Crippen molar-refractivity contribution in [1.29, 1.82) is 0 Å². The van der Waals surface area contributed by atoms with E-state index >= 15 is 0 Å². The first-order chi connectivity index (χ1) is 15.3. The van der Waals surface area contributed by atoms with Gasteiger partial charge in [0.25, 0.3) is 11.8 Å². The molecule has 32 heavy (non-hydrogen) atoms.